The van der Waals surface area contributed by atoms with Gasteiger partial charge in [0.15, 0.2) is 0 Å². The lowest BCUT2D eigenvalue weighted by Gasteiger charge is -2.14. The van der Waals surface area contributed by atoms with Gasteiger partial charge in [-0.15, -0.1) is 0 Å². The Bertz CT molecular complexity index is 828. The second-order valence-electron chi connectivity index (χ2n) is 5.09. The van der Waals surface area contributed by atoms with Crippen molar-refractivity contribution in [2.45, 2.75) is 6.42 Å². The number of nitrogens with one attached hydrogen (secondary N) is 2. The van der Waals surface area contributed by atoms with E-state index in [0.717, 1.165) is 22.3 Å². The molecule has 7 nitrogen and oxygen atoms in total. The Kier molecular flexibility index (Phi) is 4.20. The summed E-state index contributed by atoms with van der Waals surface area (Å²) in [7, 11) is 0. The van der Waals surface area contributed by atoms with Crippen LogP contribution in [0, 0.1) is 5.41 Å². The lowest BCUT2D eigenvalue weighted by Crippen LogP contribution is -2.09. The van der Waals surface area contributed by atoms with Gasteiger partial charge in [0, 0.05) is 37.1 Å². The molecular weight excluding hydrogens is 292 g/mol. The monoisotopic (exact) mass is 310 g/mol. The van der Waals surface area contributed by atoms with Crippen molar-refractivity contribution >= 4 is 28.6 Å². The average Bonchev–Trinajstić information content (AvgIpc) is 3.09. The summed E-state index contributed by atoms with van der Waals surface area (Å²) in [6.07, 6.45) is 5.39. The van der Waals surface area contributed by atoms with Gasteiger partial charge < -0.3 is 21.6 Å². The summed E-state index contributed by atoms with van der Waals surface area (Å²) in [5.41, 5.74) is 8.94. The molecule has 0 spiro atoms. The van der Waals surface area contributed by atoms with Crippen molar-refractivity contribution in [1.82, 2.24) is 14.8 Å². The van der Waals surface area contributed by atoms with E-state index in [-0.39, 0.29) is 6.61 Å². The number of benzene rings is 1. The predicted octanol–water partition coefficient (Wildman–Crippen LogP) is 1.79. The third kappa shape index (κ3) is 2.86. The van der Waals surface area contributed by atoms with Crippen molar-refractivity contribution in [2.24, 2.45) is 0 Å². The summed E-state index contributed by atoms with van der Waals surface area (Å²) in [6.45, 7) is 0.700. The van der Waals surface area contributed by atoms with Crippen LogP contribution in [0.5, 0.6) is 0 Å². The van der Waals surface area contributed by atoms with Gasteiger partial charge in [-0.05, 0) is 30.7 Å². The zero-order chi connectivity index (χ0) is 16.2. The summed E-state index contributed by atoms with van der Waals surface area (Å²) in [5, 5.41) is 24.9. The fourth-order valence-corrected chi connectivity index (χ4v) is 2.48. The van der Waals surface area contributed by atoms with Crippen molar-refractivity contribution in [3.8, 4) is 5.69 Å². The first-order chi connectivity index (χ1) is 11.2. The molecule has 23 heavy (non-hydrogen) atoms. The zero-order valence-corrected chi connectivity index (χ0v) is 12.5. The number of pyridine rings is 1. The van der Waals surface area contributed by atoms with Crippen LogP contribution in [0.1, 0.15) is 12.0 Å². The lowest BCUT2D eigenvalue weighted by molar-refractivity contribution is 0.292. The molecule has 3 rings (SSSR count). The van der Waals surface area contributed by atoms with Gasteiger partial charge in [-0.1, -0.05) is 0 Å². The average molecular weight is 310 g/mol. The smallest absolute Gasteiger partial charge is 0.135 e. The van der Waals surface area contributed by atoms with Crippen molar-refractivity contribution in [1.29, 1.82) is 5.41 Å². The van der Waals surface area contributed by atoms with Gasteiger partial charge in [-0.2, -0.15) is 5.10 Å². The summed E-state index contributed by atoms with van der Waals surface area (Å²) in [4.78, 5) is 4.40. The first-order valence-electron chi connectivity index (χ1n) is 7.33. The third-order valence-corrected chi connectivity index (χ3v) is 3.59. The van der Waals surface area contributed by atoms with Crippen molar-refractivity contribution in [3.63, 3.8) is 0 Å². The van der Waals surface area contributed by atoms with Gasteiger partial charge in [0.05, 0.1) is 22.5 Å². The molecule has 0 atom stereocenters. The third-order valence-electron chi connectivity index (χ3n) is 3.59. The summed E-state index contributed by atoms with van der Waals surface area (Å²) >= 11 is 0. The van der Waals surface area contributed by atoms with Gasteiger partial charge in [0.1, 0.15) is 5.82 Å². The molecule has 0 aliphatic heterocycles. The van der Waals surface area contributed by atoms with Crippen LogP contribution in [0.4, 0.5) is 11.5 Å². The first-order valence-corrected chi connectivity index (χ1v) is 7.33. The van der Waals surface area contributed by atoms with Gasteiger partial charge in [-0.25, -0.2) is 9.67 Å². The van der Waals surface area contributed by atoms with E-state index in [1.807, 2.05) is 30.5 Å². The van der Waals surface area contributed by atoms with Crippen LogP contribution in [0.15, 0.2) is 36.7 Å². The highest BCUT2D eigenvalue weighted by Gasteiger charge is 2.12. The van der Waals surface area contributed by atoms with E-state index in [2.05, 4.69) is 15.4 Å². The van der Waals surface area contributed by atoms with E-state index in [0.29, 0.717) is 24.3 Å². The Morgan fingerprint density at radius 1 is 1.39 bits per heavy atom. The second kappa shape index (κ2) is 6.45. The Morgan fingerprint density at radius 3 is 2.96 bits per heavy atom. The van der Waals surface area contributed by atoms with Crippen molar-refractivity contribution in [3.05, 3.63) is 42.2 Å². The van der Waals surface area contributed by atoms with Crippen molar-refractivity contribution < 1.29 is 5.11 Å². The first kappa shape index (κ1) is 15.0. The van der Waals surface area contributed by atoms with Crippen molar-refractivity contribution in [2.75, 3.05) is 24.2 Å². The van der Waals surface area contributed by atoms with Crippen LogP contribution >= 0.6 is 0 Å². The Morgan fingerprint density at radius 2 is 2.26 bits per heavy atom. The number of hydrogen-bond acceptors (Lipinski definition) is 6. The maximum atomic E-state index is 8.95. The van der Waals surface area contributed by atoms with E-state index in [1.165, 1.54) is 6.21 Å². The highest BCUT2D eigenvalue weighted by Crippen LogP contribution is 2.30. The molecule has 0 bridgehead atoms. The molecule has 2 aromatic heterocycles. The molecule has 0 aliphatic rings. The van der Waals surface area contributed by atoms with Gasteiger partial charge in [-0.3, -0.25) is 0 Å². The highest BCUT2D eigenvalue weighted by atomic mass is 16.3. The second-order valence-corrected chi connectivity index (χ2v) is 5.09. The van der Waals surface area contributed by atoms with Crippen LogP contribution in [0.3, 0.4) is 0 Å². The van der Waals surface area contributed by atoms with Crippen LogP contribution in [-0.4, -0.2) is 39.2 Å². The SMILES string of the molecule is N=Cc1c(N)nc2cc(-n3cccn3)ccc2c1NCCCO. The number of hydrogen-bond donors (Lipinski definition) is 4. The number of anilines is 2. The van der Waals surface area contributed by atoms with Crippen LogP contribution < -0.4 is 11.1 Å². The Balaban J connectivity index is 2.12. The fourth-order valence-electron chi connectivity index (χ4n) is 2.48. The predicted molar refractivity (Wildman–Crippen MR) is 91.4 cm³/mol. The minimum absolute atomic E-state index is 0.106. The maximum Gasteiger partial charge on any atom is 0.135 e. The minimum atomic E-state index is 0.106. The molecule has 5 N–H and O–H groups in total. The van der Waals surface area contributed by atoms with E-state index in [9.17, 15) is 0 Å². The number of aromatic nitrogens is 3. The molecule has 0 aliphatic carbocycles. The largest absolute Gasteiger partial charge is 0.396 e. The maximum absolute atomic E-state index is 8.95. The van der Waals surface area contributed by atoms with Crippen LogP contribution in [0.25, 0.3) is 16.6 Å². The number of fused-ring (bicyclic) bond motifs is 1. The molecule has 0 saturated carbocycles. The summed E-state index contributed by atoms with van der Waals surface area (Å²) < 4.78 is 1.75. The summed E-state index contributed by atoms with van der Waals surface area (Å²) in [5.74, 6) is 0.302. The topological polar surface area (TPSA) is 113 Å². The van der Waals surface area contributed by atoms with Gasteiger partial charge >= 0.3 is 0 Å². The number of aliphatic hydroxyl groups is 1. The molecule has 2 heterocycles. The van der Waals surface area contributed by atoms with E-state index >= 15 is 0 Å². The number of nitrogen functional groups attached to an aromatic ring is 1. The van der Waals surface area contributed by atoms with E-state index in [4.69, 9.17) is 16.2 Å². The highest BCUT2D eigenvalue weighted by molar-refractivity contribution is 6.04. The molecule has 0 fully saturated rings. The van der Waals surface area contributed by atoms with E-state index < -0.39 is 0 Å². The normalized spacial score (nSPS) is 10.8. The Labute approximate surface area is 133 Å². The van der Waals surface area contributed by atoms with E-state index in [1.54, 1.807) is 10.9 Å². The molecule has 0 unspecified atom stereocenters. The van der Waals surface area contributed by atoms with Gasteiger partial charge in [0.2, 0.25) is 0 Å². The molecule has 0 saturated heterocycles. The number of nitrogens with zero attached hydrogens (tertiary/aromatic N) is 3. The molecule has 0 amide bonds. The molecule has 118 valence electrons. The number of aliphatic hydroxyl groups excluding tert-OH is 1. The molecule has 7 heteroatoms. The van der Waals surface area contributed by atoms with Crippen LogP contribution in [-0.2, 0) is 0 Å². The Hall–Kier alpha value is -2.93. The quantitative estimate of drug-likeness (QED) is 0.409. The lowest BCUT2D eigenvalue weighted by atomic mass is 10.1. The number of rotatable bonds is 6. The molecular formula is C16H18N6O. The molecule has 0 radical (unpaired) electrons. The van der Waals surface area contributed by atoms with Gasteiger partial charge in [0.25, 0.3) is 0 Å². The minimum Gasteiger partial charge on any atom is -0.396 e. The molecule has 1 aromatic carbocycles. The fraction of sp³-hybridized carbons (Fsp3) is 0.188. The summed E-state index contributed by atoms with van der Waals surface area (Å²) in [6, 6.07) is 7.64. The van der Waals surface area contributed by atoms with Crippen LogP contribution in [0.2, 0.25) is 0 Å². The standard InChI is InChI=1S/C16H18N6O/c17-10-13-15(19-5-2-8-23)12-4-3-11(22-7-1-6-20-22)9-14(12)21-16(13)18/h1,3-4,6-7,9-10,17,23H,2,5,8H2,(H3,18,19,21). The molecule has 3 aromatic rings. The zero-order valence-electron chi connectivity index (χ0n) is 12.5. The number of nitrogens with two attached hydrogens (primary N) is 1.